The molecule has 1 N–H and O–H groups in total. The Morgan fingerprint density at radius 3 is 2.94 bits per heavy atom. The molecule has 4 aromatic rings. The van der Waals surface area contributed by atoms with Crippen LogP contribution in [-0.2, 0) is 6.54 Å². The van der Waals surface area contributed by atoms with E-state index in [9.17, 15) is 14.4 Å². The molecule has 166 valence electrons. The van der Waals surface area contributed by atoms with E-state index in [4.69, 9.17) is 0 Å². The molecular weight excluding hydrogens is 441 g/mol. The average molecular weight is 462 g/mol. The summed E-state index contributed by atoms with van der Waals surface area (Å²) in [7, 11) is 0. The summed E-state index contributed by atoms with van der Waals surface area (Å²) in [4.78, 5) is 25.0. The SMILES string of the molecule is CC(C)n1cnc(/C=C/c2csc(NC(=O)c3cccn3Cc3ccnc(F)c3)n2)c1C#N. The fourth-order valence-electron chi connectivity index (χ4n) is 3.25. The Hall–Kier alpha value is -4.10. The summed E-state index contributed by atoms with van der Waals surface area (Å²) in [5, 5.41) is 14.5. The van der Waals surface area contributed by atoms with Gasteiger partial charge in [0.25, 0.3) is 5.91 Å². The molecule has 0 saturated carbocycles. The Labute approximate surface area is 193 Å². The molecule has 0 aromatic carbocycles. The molecule has 8 nitrogen and oxygen atoms in total. The van der Waals surface area contributed by atoms with Crippen molar-refractivity contribution in [3.8, 4) is 6.07 Å². The number of aromatic nitrogens is 5. The van der Waals surface area contributed by atoms with Gasteiger partial charge < -0.3 is 9.13 Å². The average Bonchev–Trinajstić information content (AvgIpc) is 3.51. The third-order valence-electron chi connectivity index (χ3n) is 4.84. The van der Waals surface area contributed by atoms with Crippen LogP contribution < -0.4 is 5.32 Å². The van der Waals surface area contributed by atoms with E-state index in [1.165, 1.54) is 23.6 Å². The van der Waals surface area contributed by atoms with Crippen molar-refractivity contribution in [2.45, 2.75) is 26.4 Å². The van der Waals surface area contributed by atoms with Crippen molar-refractivity contribution in [3.05, 3.63) is 82.7 Å². The molecule has 0 radical (unpaired) electrons. The maximum Gasteiger partial charge on any atom is 0.274 e. The highest BCUT2D eigenvalue weighted by atomic mass is 32.1. The Morgan fingerprint density at radius 1 is 1.33 bits per heavy atom. The van der Waals surface area contributed by atoms with Gasteiger partial charge in [0.15, 0.2) is 5.13 Å². The number of imidazole rings is 1. The van der Waals surface area contributed by atoms with E-state index in [0.29, 0.717) is 40.0 Å². The molecule has 33 heavy (non-hydrogen) atoms. The van der Waals surface area contributed by atoms with Gasteiger partial charge in [-0.1, -0.05) is 0 Å². The van der Waals surface area contributed by atoms with Gasteiger partial charge in [0.05, 0.1) is 17.7 Å². The molecule has 1 amide bonds. The van der Waals surface area contributed by atoms with Crippen LogP contribution in [0.2, 0.25) is 0 Å². The lowest BCUT2D eigenvalue weighted by molar-refractivity contribution is 0.101. The molecule has 0 spiro atoms. The minimum absolute atomic E-state index is 0.131. The zero-order valence-electron chi connectivity index (χ0n) is 17.9. The largest absolute Gasteiger partial charge is 0.339 e. The van der Waals surface area contributed by atoms with Crippen LogP contribution in [0.25, 0.3) is 12.2 Å². The Bertz CT molecular complexity index is 1360. The van der Waals surface area contributed by atoms with Crippen molar-refractivity contribution in [2.75, 3.05) is 5.32 Å². The number of hydrogen-bond donors (Lipinski definition) is 1. The number of pyridine rings is 1. The molecule has 0 saturated heterocycles. The predicted octanol–water partition coefficient (Wildman–Crippen LogP) is 4.60. The van der Waals surface area contributed by atoms with Crippen molar-refractivity contribution in [2.24, 2.45) is 0 Å². The van der Waals surface area contributed by atoms with Crippen molar-refractivity contribution >= 4 is 34.5 Å². The third-order valence-corrected chi connectivity index (χ3v) is 5.62. The van der Waals surface area contributed by atoms with Crippen molar-refractivity contribution in [1.82, 2.24) is 24.1 Å². The lowest BCUT2D eigenvalue weighted by Gasteiger charge is -2.09. The maximum atomic E-state index is 13.4. The Morgan fingerprint density at radius 2 is 2.18 bits per heavy atom. The zero-order chi connectivity index (χ0) is 23.4. The van der Waals surface area contributed by atoms with Gasteiger partial charge in [-0.2, -0.15) is 9.65 Å². The van der Waals surface area contributed by atoms with Crippen LogP contribution in [0.4, 0.5) is 9.52 Å². The second-order valence-electron chi connectivity index (χ2n) is 7.46. The normalized spacial score (nSPS) is 11.2. The van der Waals surface area contributed by atoms with Crippen LogP contribution in [0.15, 0.2) is 48.4 Å². The molecule has 0 aliphatic carbocycles. The lowest BCUT2D eigenvalue weighted by atomic mass is 10.2. The van der Waals surface area contributed by atoms with E-state index < -0.39 is 5.95 Å². The minimum Gasteiger partial charge on any atom is -0.339 e. The van der Waals surface area contributed by atoms with Crippen LogP contribution in [0.5, 0.6) is 0 Å². The van der Waals surface area contributed by atoms with Crippen LogP contribution in [0.1, 0.15) is 53.0 Å². The summed E-state index contributed by atoms with van der Waals surface area (Å²) in [5.74, 6) is -0.881. The van der Waals surface area contributed by atoms with E-state index in [1.807, 2.05) is 18.4 Å². The van der Waals surface area contributed by atoms with E-state index in [-0.39, 0.29) is 11.9 Å². The molecular formula is C23H20FN7OS. The molecule has 0 fully saturated rings. The van der Waals surface area contributed by atoms with Gasteiger partial charge in [-0.3, -0.25) is 10.1 Å². The fourth-order valence-corrected chi connectivity index (χ4v) is 3.92. The number of anilines is 1. The van der Waals surface area contributed by atoms with E-state index in [0.717, 1.165) is 0 Å². The van der Waals surface area contributed by atoms with Gasteiger partial charge in [-0.25, -0.2) is 15.0 Å². The molecule has 0 aliphatic rings. The summed E-state index contributed by atoms with van der Waals surface area (Å²) < 4.78 is 16.9. The third kappa shape index (κ3) is 5.05. The molecule has 0 bridgehead atoms. The molecule has 4 rings (SSSR count). The summed E-state index contributed by atoms with van der Waals surface area (Å²) >= 11 is 1.29. The molecule has 4 heterocycles. The second-order valence-corrected chi connectivity index (χ2v) is 8.32. The van der Waals surface area contributed by atoms with Crippen LogP contribution in [0.3, 0.4) is 0 Å². The van der Waals surface area contributed by atoms with E-state index in [1.54, 1.807) is 52.8 Å². The van der Waals surface area contributed by atoms with Crippen molar-refractivity contribution < 1.29 is 9.18 Å². The number of hydrogen-bond acceptors (Lipinski definition) is 6. The number of amides is 1. The first-order valence-electron chi connectivity index (χ1n) is 10.1. The number of nitrogens with zero attached hydrogens (tertiary/aromatic N) is 6. The van der Waals surface area contributed by atoms with Crippen LogP contribution in [0, 0.1) is 17.3 Å². The predicted molar refractivity (Wildman–Crippen MR) is 124 cm³/mol. The van der Waals surface area contributed by atoms with Gasteiger partial charge in [0.1, 0.15) is 17.5 Å². The number of carbonyl (C=O) groups is 1. The first-order valence-corrected chi connectivity index (χ1v) is 11.0. The maximum absolute atomic E-state index is 13.4. The zero-order valence-corrected chi connectivity index (χ0v) is 18.8. The molecule has 0 unspecified atom stereocenters. The Kier molecular flexibility index (Phi) is 6.42. The van der Waals surface area contributed by atoms with Gasteiger partial charge in [-0.05, 0) is 55.8 Å². The number of thiazole rings is 1. The van der Waals surface area contributed by atoms with Crippen LogP contribution >= 0.6 is 11.3 Å². The van der Waals surface area contributed by atoms with Gasteiger partial charge in [0, 0.05) is 30.4 Å². The van der Waals surface area contributed by atoms with Crippen molar-refractivity contribution in [1.29, 1.82) is 5.26 Å². The highest BCUT2D eigenvalue weighted by Crippen LogP contribution is 2.20. The topological polar surface area (TPSA) is 101 Å². The fraction of sp³-hybridized carbons (Fsp3) is 0.174. The molecule has 0 atom stereocenters. The molecule has 10 heteroatoms. The first kappa shape index (κ1) is 22.1. The summed E-state index contributed by atoms with van der Waals surface area (Å²) in [5.41, 5.74) is 2.82. The van der Waals surface area contributed by atoms with Gasteiger partial charge in [0.2, 0.25) is 5.95 Å². The number of nitrogens with one attached hydrogen (secondary N) is 1. The minimum atomic E-state index is -0.563. The highest BCUT2D eigenvalue weighted by Gasteiger charge is 2.14. The van der Waals surface area contributed by atoms with Crippen LogP contribution in [-0.4, -0.2) is 30.0 Å². The summed E-state index contributed by atoms with van der Waals surface area (Å²) in [6, 6.07) is 8.80. The number of rotatable bonds is 7. The smallest absolute Gasteiger partial charge is 0.274 e. The standard InChI is InChI=1S/C23H20FN7OS/c1-15(2)31-14-27-18(20(31)11-25)6-5-17-13-33-23(28-17)29-22(32)19-4-3-9-30(19)12-16-7-8-26-21(24)10-16/h3-10,13-15H,12H2,1-2H3,(H,28,29,32)/b6-5+. The monoisotopic (exact) mass is 461 g/mol. The second kappa shape index (κ2) is 9.58. The van der Waals surface area contributed by atoms with Gasteiger partial charge in [-0.15, -0.1) is 11.3 Å². The Balaban J connectivity index is 1.45. The quantitative estimate of drug-likeness (QED) is 0.405. The van der Waals surface area contributed by atoms with E-state index >= 15 is 0 Å². The summed E-state index contributed by atoms with van der Waals surface area (Å²) in [6.07, 6.45) is 8.28. The highest BCUT2D eigenvalue weighted by molar-refractivity contribution is 7.14. The number of nitriles is 1. The number of halogens is 1. The number of carbonyl (C=O) groups excluding carboxylic acids is 1. The lowest BCUT2D eigenvalue weighted by Crippen LogP contribution is -2.17. The molecule has 0 aliphatic heterocycles. The van der Waals surface area contributed by atoms with Gasteiger partial charge >= 0.3 is 0 Å². The van der Waals surface area contributed by atoms with E-state index in [2.05, 4.69) is 26.3 Å². The molecule has 4 aromatic heterocycles. The first-order chi connectivity index (χ1) is 15.9. The summed E-state index contributed by atoms with van der Waals surface area (Å²) in [6.45, 7) is 4.31. The van der Waals surface area contributed by atoms with Crippen molar-refractivity contribution in [3.63, 3.8) is 0 Å².